The molecule has 2 aromatic heterocycles. The molecule has 5 aromatic rings. The third-order valence-corrected chi connectivity index (χ3v) is 9.71. The Bertz CT molecular complexity index is 1750. The number of benzene rings is 3. The van der Waals surface area contributed by atoms with Gasteiger partial charge in [-0.2, -0.15) is 4.57 Å². The Labute approximate surface area is 238 Å². The maximum atomic E-state index is 5.01. The van der Waals surface area contributed by atoms with Crippen LogP contribution in [0.4, 0.5) is 0 Å². The van der Waals surface area contributed by atoms with E-state index in [2.05, 4.69) is 118 Å². The highest BCUT2D eigenvalue weighted by molar-refractivity contribution is 5.86. The normalized spacial score (nSPS) is 15.5. The maximum Gasteiger partial charge on any atom is 0.295 e. The summed E-state index contributed by atoms with van der Waals surface area (Å²) in [5, 5.41) is 0. The molecule has 40 heavy (non-hydrogen) atoms. The van der Waals surface area contributed by atoms with Gasteiger partial charge in [0.15, 0.2) is 11.0 Å². The van der Waals surface area contributed by atoms with Gasteiger partial charge in [0.25, 0.3) is 5.82 Å². The van der Waals surface area contributed by atoms with E-state index in [9.17, 15) is 0 Å². The van der Waals surface area contributed by atoms with Crippen LogP contribution >= 0.6 is 0 Å². The van der Waals surface area contributed by atoms with E-state index >= 15 is 0 Å². The molecule has 1 spiro atoms. The standard InChI is InChI=1S/C37H40N3/c1-23(2)26-13-11-14-27(24(3)4)34(26)40-33-17-8-7-16-32(33)39(6)36(40)29-22-30-28-15-12-20-38-35(28)37(18-9-10-19-37)31(30)21-25(29)5/h7-8,11-17,20-24H,9-10,18-19H2,1-6H3/q+1. The van der Waals surface area contributed by atoms with E-state index in [0.29, 0.717) is 11.8 Å². The van der Waals surface area contributed by atoms with Crippen molar-refractivity contribution in [2.24, 2.45) is 7.05 Å². The molecule has 0 aliphatic heterocycles. The largest absolute Gasteiger partial charge is 0.295 e. The Balaban J connectivity index is 1.58. The summed E-state index contributed by atoms with van der Waals surface area (Å²) in [5.41, 5.74) is 14.9. The Kier molecular flexibility index (Phi) is 5.78. The van der Waals surface area contributed by atoms with Crippen LogP contribution in [0.1, 0.15) is 93.2 Å². The summed E-state index contributed by atoms with van der Waals surface area (Å²) in [6.45, 7) is 11.6. The van der Waals surface area contributed by atoms with E-state index in [4.69, 9.17) is 4.98 Å². The third kappa shape index (κ3) is 3.43. The number of nitrogens with zero attached hydrogens (tertiary/aromatic N) is 3. The molecule has 202 valence electrons. The summed E-state index contributed by atoms with van der Waals surface area (Å²) < 4.78 is 4.98. The molecule has 3 nitrogen and oxygen atoms in total. The van der Waals surface area contributed by atoms with Crippen molar-refractivity contribution >= 4 is 11.0 Å². The lowest BCUT2D eigenvalue weighted by Gasteiger charge is -2.25. The minimum atomic E-state index is 0.0825. The molecule has 0 N–H and O–H groups in total. The number of pyridine rings is 1. The van der Waals surface area contributed by atoms with E-state index in [1.165, 1.54) is 92.9 Å². The first-order valence-corrected chi connectivity index (χ1v) is 15.1. The van der Waals surface area contributed by atoms with Gasteiger partial charge in [0, 0.05) is 28.3 Å². The molecule has 0 radical (unpaired) electrons. The second kappa shape index (κ2) is 9.16. The summed E-state index contributed by atoms with van der Waals surface area (Å²) in [4.78, 5) is 5.01. The van der Waals surface area contributed by atoms with Crippen molar-refractivity contribution in [3.63, 3.8) is 0 Å². The monoisotopic (exact) mass is 526 g/mol. The fourth-order valence-electron chi connectivity index (χ4n) is 7.80. The van der Waals surface area contributed by atoms with Crippen LogP contribution in [0, 0.1) is 6.92 Å². The summed E-state index contributed by atoms with van der Waals surface area (Å²) in [5.74, 6) is 2.07. The van der Waals surface area contributed by atoms with Crippen LogP contribution in [0.3, 0.4) is 0 Å². The number of fused-ring (bicyclic) bond motifs is 6. The number of aryl methyl sites for hydroxylation is 2. The van der Waals surface area contributed by atoms with E-state index in [0.717, 1.165) is 0 Å². The number of hydrogen-bond acceptors (Lipinski definition) is 1. The molecule has 0 amide bonds. The average Bonchev–Trinajstić information content (AvgIpc) is 3.63. The molecule has 1 saturated carbocycles. The highest BCUT2D eigenvalue weighted by atomic mass is 15.2. The first kappa shape index (κ1) is 25.3. The maximum absolute atomic E-state index is 5.01. The van der Waals surface area contributed by atoms with Crippen molar-refractivity contribution in [3.8, 4) is 28.2 Å². The van der Waals surface area contributed by atoms with Crippen molar-refractivity contribution in [2.45, 2.75) is 77.6 Å². The van der Waals surface area contributed by atoms with Crippen LogP contribution in [0.15, 0.2) is 72.9 Å². The zero-order valence-electron chi connectivity index (χ0n) is 24.8. The molecule has 0 unspecified atom stereocenters. The van der Waals surface area contributed by atoms with Crippen molar-refractivity contribution in [1.29, 1.82) is 0 Å². The van der Waals surface area contributed by atoms with Gasteiger partial charge in [-0.05, 0) is 72.6 Å². The van der Waals surface area contributed by atoms with Crippen LogP contribution in [0.2, 0.25) is 0 Å². The number of hydrogen-bond donors (Lipinski definition) is 0. The second-order valence-electron chi connectivity index (χ2n) is 12.7. The van der Waals surface area contributed by atoms with Crippen molar-refractivity contribution in [1.82, 2.24) is 9.55 Å². The number of rotatable bonds is 4. The molecule has 2 aliphatic rings. The van der Waals surface area contributed by atoms with Gasteiger partial charge in [-0.25, -0.2) is 4.57 Å². The number of aromatic nitrogens is 3. The van der Waals surface area contributed by atoms with Gasteiger partial charge in [-0.3, -0.25) is 4.98 Å². The predicted octanol–water partition coefficient (Wildman–Crippen LogP) is 8.91. The van der Waals surface area contributed by atoms with Crippen LogP contribution < -0.4 is 4.57 Å². The first-order chi connectivity index (χ1) is 19.3. The minimum Gasteiger partial charge on any atom is -0.260 e. The SMILES string of the molecule is Cc1cc2c(cc1-c1n(-c3c(C(C)C)cccc3C(C)C)c3ccccc3[n+]1C)-c1cccnc1C21CCCC1. The van der Waals surface area contributed by atoms with Crippen molar-refractivity contribution < 1.29 is 4.57 Å². The Hall–Kier alpha value is -3.72. The Morgan fingerprint density at radius 2 is 1.50 bits per heavy atom. The molecule has 2 heterocycles. The molecule has 3 aromatic carbocycles. The summed E-state index contributed by atoms with van der Waals surface area (Å²) in [6.07, 6.45) is 6.96. The topological polar surface area (TPSA) is 21.7 Å². The fraction of sp³-hybridized carbons (Fsp3) is 0.351. The van der Waals surface area contributed by atoms with Gasteiger partial charge in [0.1, 0.15) is 5.69 Å². The predicted molar refractivity (Wildman–Crippen MR) is 165 cm³/mol. The van der Waals surface area contributed by atoms with Gasteiger partial charge >= 0.3 is 0 Å². The highest BCUT2D eigenvalue weighted by Gasteiger charge is 2.47. The highest BCUT2D eigenvalue weighted by Crippen LogP contribution is 2.57. The van der Waals surface area contributed by atoms with Gasteiger partial charge in [0.2, 0.25) is 0 Å². The van der Waals surface area contributed by atoms with Gasteiger partial charge < -0.3 is 0 Å². The van der Waals surface area contributed by atoms with Crippen LogP contribution in [-0.2, 0) is 12.5 Å². The van der Waals surface area contributed by atoms with E-state index in [-0.39, 0.29) is 5.41 Å². The lowest BCUT2D eigenvalue weighted by atomic mass is 9.78. The smallest absolute Gasteiger partial charge is 0.260 e. The van der Waals surface area contributed by atoms with Crippen molar-refractivity contribution in [2.75, 3.05) is 0 Å². The van der Waals surface area contributed by atoms with E-state index < -0.39 is 0 Å². The van der Waals surface area contributed by atoms with Gasteiger partial charge in [0.05, 0.1) is 18.3 Å². The lowest BCUT2D eigenvalue weighted by molar-refractivity contribution is -0.633. The molecule has 0 bridgehead atoms. The lowest BCUT2D eigenvalue weighted by Crippen LogP contribution is -2.30. The van der Waals surface area contributed by atoms with Gasteiger partial charge in [-0.15, -0.1) is 0 Å². The number of para-hydroxylation sites is 3. The van der Waals surface area contributed by atoms with E-state index in [1.807, 2.05) is 6.20 Å². The zero-order valence-corrected chi connectivity index (χ0v) is 24.8. The molecular formula is C37H40N3+. The summed E-state index contributed by atoms with van der Waals surface area (Å²) in [6, 6.07) is 25.2. The molecule has 1 fully saturated rings. The third-order valence-electron chi connectivity index (χ3n) is 9.71. The number of imidazole rings is 1. The molecule has 2 aliphatic carbocycles. The Morgan fingerprint density at radius 3 is 2.20 bits per heavy atom. The zero-order chi connectivity index (χ0) is 27.8. The second-order valence-corrected chi connectivity index (χ2v) is 12.7. The first-order valence-electron chi connectivity index (χ1n) is 15.1. The molecule has 0 saturated heterocycles. The average molecular weight is 527 g/mol. The quantitative estimate of drug-likeness (QED) is 0.214. The molecular weight excluding hydrogens is 486 g/mol. The Morgan fingerprint density at radius 1 is 0.800 bits per heavy atom. The summed E-state index contributed by atoms with van der Waals surface area (Å²) >= 11 is 0. The fourth-order valence-corrected chi connectivity index (χ4v) is 7.80. The van der Waals surface area contributed by atoms with Crippen LogP contribution in [-0.4, -0.2) is 9.55 Å². The van der Waals surface area contributed by atoms with Crippen molar-refractivity contribution in [3.05, 3.63) is 101 Å². The molecule has 0 atom stereocenters. The van der Waals surface area contributed by atoms with E-state index in [1.54, 1.807) is 0 Å². The molecule has 7 rings (SSSR count). The van der Waals surface area contributed by atoms with Crippen LogP contribution in [0.5, 0.6) is 0 Å². The van der Waals surface area contributed by atoms with Crippen LogP contribution in [0.25, 0.3) is 39.2 Å². The molecule has 3 heteroatoms. The van der Waals surface area contributed by atoms with Gasteiger partial charge in [-0.1, -0.05) is 83.0 Å². The summed E-state index contributed by atoms with van der Waals surface area (Å²) in [7, 11) is 2.24. The minimum absolute atomic E-state index is 0.0825.